The van der Waals surface area contributed by atoms with Crippen molar-refractivity contribution in [3.63, 3.8) is 0 Å². The lowest BCUT2D eigenvalue weighted by Crippen LogP contribution is -2.50. The molecule has 4 aliphatic rings. The molecule has 4 fully saturated rings. The molecule has 3 nitrogen and oxygen atoms in total. The number of carbonyl (C=O) groups excluding carboxylic acids is 1. The quantitative estimate of drug-likeness (QED) is 0.740. The molecule has 4 aliphatic carbocycles. The van der Waals surface area contributed by atoms with E-state index in [1.807, 2.05) is 13.8 Å². The topological polar surface area (TPSA) is 38.3 Å². The van der Waals surface area contributed by atoms with Gasteiger partial charge in [-0.3, -0.25) is 4.79 Å². The molecule has 5 rings (SSSR count). The Kier molecular flexibility index (Phi) is 4.71. The number of hydrogen-bond acceptors (Lipinski definition) is 2. The molecule has 26 heavy (non-hydrogen) atoms. The van der Waals surface area contributed by atoms with Crippen LogP contribution >= 0.6 is 11.6 Å². The molecule has 0 radical (unpaired) electrons. The maximum atomic E-state index is 12.7. The summed E-state index contributed by atoms with van der Waals surface area (Å²) in [5.41, 5.74) is -0.390. The van der Waals surface area contributed by atoms with Crippen molar-refractivity contribution in [3.05, 3.63) is 29.3 Å². The van der Waals surface area contributed by atoms with E-state index in [2.05, 4.69) is 5.32 Å². The molecule has 0 aliphatic heterocycles. The molecule has 0 unspecified atom stereocenters. The molecule has 1 aromatic rings. The van der Waals surface area contributed by atoms with Crippen LogP contribution in [-0.4, -0.2) is 18.1 Å². The predicted molar refractivity (Wildman–Crippen MR) is 104 cm³/mol. The first-order valence-electron chi connectivity index (χ1n) is 10.1. The fraction of sp³-hybridized carbons (Fsp3) is 0.682. The number of rotatable bonds is 6. The first kappa shape index (κ1) is 18.2. The second-order valence-corrected chi connectivity index (χ2v) is 9.93. The fourth-order valence-electron chi connectivity index (χ4n) is 6.09. The Morgan fingerprint density at radius 1 is 1.12 bits per heavy atom. The van der Waals surface area contributed by atoms with Crippen molar-refractivity contribution in [1.82, 2.24) is 5.32 Å². The van der Waals surface area contributed by atoms with Gasteiger partial charge in [0.15, 0.2) is 5.60 Å². The Balaban J connectivity index is 1.30. The monoisotopic (exact) mass is 375 g/mol. The molecule has 0 spiro atoms. The van der Waals surface area contributed by atoms with E-state index in [-0.39, 0.29) is 5.91 Å². The van der Waals surface area contributed by atoms with Gasteiger partial charge in [-0.25, -0.2) is 0 Å². The van der Waals surface area contributed by atoms with Crippen LogP contribution in [0.5, 0.6) is 5.75 Å². The summed E-state index contributed by atoms with van der Waals surface area (Å²) in [7, 11) is 0. The van der Waals surface area contributed by atoms with Gasteiger partial charge in [-0.15, -0.1) is 0 Å². The van der Waals surface area contributed by atoms with E-state index in [0.717, 1.165) is 30.7 Å². The van der Waals surface area contributed by atoms with Crippen LogP contribution in [0.1, 0.15) is 58.8 Å². The van der Waals surface area contributed by atoms with Gasteiger partial charge in [0.2, 0.25) is 0 Å². The van der Waals surface area contributed by atoms with Crippen molar-refractivity contribution in [3.8, 4) is 5.75 Å². The van der Waals surface area contributed by atoms with E-state index < -0.39 is 5.60 Å². The summed E-state index contributed by atoms with van der Waals surface area (Å²) in [4.78, 5) is 12.7. The molecular formula is C22H30ClNO2. The van der Waals surface area contributed by atoms with Crippen LogP contribution in [-0.2, 0) is 4.79 Å². The number of hydrogen-bond donors (Lipinski definition) is 1. The molecule has 0 saturated heterocycles. The largest absolute Gasteiger partial charge is 0.478 e. The van der Waals surface area contributed by atoms with E-state index in [1.165, 1.54) is 38.5 Å². The van der Waals surface area contributed by atoms with Crippen LogP contribution in [0.25, 0.3) is 0 Å². The van der Waals surface area contributed by atoms with Gasteiger partial charge in [0.1, 0.15) is 5.75 Å². The molecule has 1 amide bonds. The zero-order valence-electron chi connectivity index (χ0n) is 15.9. The minimum absolute atomic E-state index is 0.0443. The lowest BCUT2D eigenvalue weighted by atomic mass is 9.49. The van der Waals surface area contributed by atoms with E-state index in [9.17, 15) is 4.79 Å². The summed E-state index contributed by atoms with van der Waals surface area (Å²) < 4.78 is 5.89. The molecule has 4 heteroatoms. The van der Waals surface area contributed by atoms with E-state index in [0.29, 0.717) is 16.2 Å². The van der Waals surface area contributed by atoms with Gasteiger partial charge in [-0.2, -0.15) is 0 Å². The maximum Gasteiger partial charge on any atom is 0.263 e. The van der Waals surface area contributed by atoms with Gasteiger partial charge >= 0.3 is 0 Å². The Morgan fingerprint density at radius 3 is 2.19 bits per heavy atom. The van der Waals surface area contributed by atoms with E-state index >= 15 is 0 Å². The van der Waals surface area contributed by atoms with Crippen LogP contribution in [0.4, 0.5) is 0 Å². The van der Waals surface area contributed by atoms with Gasteiger partial charge in [-0.1, -0.05) is 11.6 Å². The predicted octanol–water partition coefficient (Wildman–Crippen LogP) is 5.22. The first-order valence-corrected chi connectivity index (χ1v) is 10.4. The third-order valence-electron chi connectivity index (χ3n) is 6.84. The molecule has 0 aromatic heterocycles. The van der Waals surface area contributed by atoms with Crippen LogP contribution in [0, 0.1) is 23.2 Å². The van der Waals surface area contributed by atoms with Crippen LogP contribution in [0.2, 0.25) is 5.02 Å². The second-order valence-electron chi connectivity index (χ2n) is 9.49. The Bertz CT molecular complexity index is 632. The van der Waals surface area contributed by atoms with Crippen molar-refractivity contribution >= 4 is 17.5 Å². The van der Waals surface area contributed by atoms with Gasteiger partial charge in [-0.05, 0) is 106 Å². The first-order chi connectivity index (χ1) is 12.3. The SMILES string of the molecule is CC(C)(Oc1ccc(Cl)cc1)C(=O)NCCC12CC3CC(CC(C3)C1)C2. The van der Waals surface area contributed by atoms with Crippen molar-refractivity contribution in [2.45, 2.75) is 64.4 Å². The molecule has 4 saturated carbocycles. The molecule has 0 atom stereocenters. The fourth-order valence-corrected chi connectivity index (χ4v) is 6.22. The molecule has 142 valence electrons. The molecular weight excluding hydrogens is 346 g/mol. The van der Waals surface area contributed by atoms with Crippen LogP contribution < -0.4 is 10.1 Å². The van der Waals surface area contributed by atoms with Crippen LogP contribution in [0.3, 0.4) is 0 Å². The number of ether oxygens (including phenoxy) is 1. The van der Waals surface area contributed by atoms with Crippen molar-refractivity contribution < 1.29 is 9.53 Å². The highest BCUT2D eigenvalue weighted by molar-refractivity contribution is 6.30. The third-order valence-corrected chi connectivity index (χ3v) is 7.09. The lowest BCUT2D eigenvalue weighted by molar-refractivity contribution is -0.134. The van der Waals surface area contributed by atoms with E-state index in [4.69, 9.17) is 16.3 Å². The zero-order chi connectivity index (χ0) is 18.4. The Hall–Kier alpha value is -1.22. The molecule has 4 bridgehead atoms. The lowest BCUT2D eigenvalue weighted by Gasteiger charge is -2.57. The maximum absolute atomic E-state index is 12.7. The van der Waals surface area contributed by atoms with Crippen molar-refractivity contribution in [2.24, 2.45) is 23.2 Å². The minimum Gasteiger partial charge on any atom is -0.478 e. The third kappa shape index (κ3) is 3.74. The highest BCUT2D eigenvalue weighted by Gasteiger charge is 2.50. The number of carbonyl (C=O) groups is 1. The number of nitrogens with one attached hydrogen (secondary N) is 1. The summed E-state index contributed by atoms with van der Waals surface area (Å²) in [5.74, 6) is 3.50. The summed E-state index contributed by atoms with van der Waals surface area (Å²) in [6.07, 6.45) is 9.69. The Morgan fingerprint density at radius 2 is 1.65 bits per heavy atom. The summed E-state index contributed by atoms with van der Waals surface area (Å²) in [6, 6.07) is 7.15. The number of amides is 1. The number of benzene rings is 1. The van der Waals surface area contributed by atoms with Crippen molar-refractivity contribution in [2.75, 3.05) is 6.54 Å². The molecule has 1 N–H and O–H groups in total. The average Bonchev–Trinajstić information content (AvgIpc) is 2.55. The average molecular weight is 376 g/mol. The van der Waals surface area contributed by atoms with Gasteiger partial charge in [0, 0.05) is 11.6 Å². The van der Waals surface area contributed by atoms with E-state index in [1.54, 1.807) is 24.3 Å². The second kappa shape index (κ2) is 6.74. The standard InChI is InChI=1S/C22H30ClNO2/c1-21(2,26-19-5-3-18(23)4-6-19)20(25)24-8-7-22-12-15-9-16(13-22)11-17(10-15)14-22/h3-6,15-17H,7-14H2,1-2H3,(H,24,25). The summed E-state index contributed by atoms with van der Waals surface area (Å²) in [6.45, 7) is 4.40. The Labute approximate surface area is 161 Å². The highest BCUT2D eigenvalue weighted by Crippen LogP contribution is 2.61. The van der Waals surface area contributed by atoms with Crippen LogP contribution in [0.15, 0.2) is 24.3 Å². The van der Waals surface area contributed by atoms with Gasteiger partial charge < -0.3 is 10.1 Å². The number of halogens is 1. The summed E-state index contributed by atoms with van der Waals surface area (Å²) >= 11 is 5.91. The van der Waals surface area contributed by atoms with Gasteiger partial charge in [0.25, 0.3) is 5.91 Å². The molecule has 0 heterocycles. The zero-order valence-corrected chi connectivity index (χ0v) is 16.6. The summed E-state index contributed by atoms with van der Waals surface area (Å²) in [5, 5.41) is 3.80. The van der Waals surface area contributed by atoms with Crippen molar-refractivity contribution in [1.29, 1.82) is 0 Å². The van der Waals surface area contributed by atoms with Gasteiger partial charge in [0.05, 0.1) is 0 Å². The minimum atomic E-state index is -0.894. The smallest absolute Gasteiger partial charge is 0.263 e. The normalized spacial score (nSPS) is 32.5. The molecule has 1 aromatic carbocycles. The highest BCUT2D eigenvalue weighted by atomic mass is 35.5.